The number of aromatic hydroxyl groups is 1. The van der Waals surface area contributed by atoms with Crippen molar-refractivity contribution < 1.29 is 15.0 Å². The normalized spacial score (nSPS) is 12.1. The number of carbonyl (C=O) groups is 1. The summed E-state index contributed by atoms with van der Waals surface area (Å²) in [5.74, 6) is -0.641. The van der Waals surface area contributed by atoms with E-state index in [-0.39, 0.29) is 5.75 Å². The summed E-state index contributed by atoms with van der Waals surface area (Å²) in [5, 5.41) is 20.4. The molecule has 0 radical (unpaired) electrons. The third-order valence-electron chi connectivity index (χ3n) is 4.11. The Labute approximate surface area is 112 Å². The number of aromatic nitrogens is 1. The molecule has 0 unspecified atom stereocenters. The Hall–Kier alpha value is -1.97. The summed E-state index contributed by atoms with van der Waals surface area (Å²) in [7, 11) is 0. The quantitative estimate of drug-likeness (QED) is 0.777. The van der Waals surface area contributed by atoms with Crippen molar-refractivity contribution in [2.45, 2.75) is 40.0 Å². The van der Waals surface area contributed by atoms with Crippen LogP contribution in [0.3, 0.4) is 0 Å². The number of phenols is 1. The molecule has 0 saturated carbocycles. The predicted octanol–water partition coefficient (Wildman–Crippen LogP) is 3.16. The van der Waals surface area contributed by atoms with Gasteiger partial charge < -0.3 is 15.2 Å². The molecular weight excluding hydrogens is 242 g/mol. The van der Waals surface area contributed by atoms with E-state index in [9.17, 15) is 15.0 Å². The Balaban J connectivity index is 2.92. The molecule has 0 fully saturated rings. The zero-order chi connectivity index (χ0) is 14.5. The maximum atomic E-state index is 11.4. The number of hydrogen-bond acceptors (Lipinski definition) is 2. The van der Waals surface area contributed by atoms with Gasteiger partial charge in [-0.15, -0.1) is 0 Å². The molecule has 102 valence electrons. The Morgan fingerprint density at radius 1 is 1.16 bits per heavy atom. The Morgan fingerprint density at radius 3 is 2.26 bits per heavy atom. The van der Waals surface area contributed by atoms with Gasteiger partial charge in [-0.05, 0) is 51.3 Å². The van der Waals surface area contributed by atoms with E-state index in [1.165, 1.54) is 0 Å². The number of carboxylic acids is 1. The van der Waals surface area contributed by atoms with Crippen LogP contribution in [-0.4, -0.2) is 21.2 Å². The minimum absolute atomic E-state index is 0.243. The predicted molar refractivity (Wildman–Crippen MR) is 74.8 cm³/mol. The van der Waals surface area contributed by atoms with Gasteiger partial charge >= 0.3 is 5.97 Å². The van der Waals surface area contributed by atoms with Crippen molar-refractivity contribution in [2.75, 3.05) is 0 Å². The van der Waals surface area contributed by atoms with Gasteiger partial charge in [0.1, 0.15) is 5.75 Å². The van der Waals surface area contributed by atoms with Gasteiger partial charge in [-0.2, -0.15) is 0 Å². The third kappa shape index (κ3) is 1.70. The van der Waals surface area contributed by atoms with Gasteiger partial charge in [0.25, 0.3) is 0 Å². The van der Waals surface area contributed by atoms with Crippen LogP contribution in [0.2, 0.25) is 0 Å². The molecule has 0 saturated heterocycles. The number of benzene rings is 1. The van der Waals surface area contributed by atoms with E-state index in [1.54, 1.807) is 20.0 Å². The summed E-state index contributed by atoms with van der Waals surface area (Å²) in [6, 6.07) is 0. The molecule has 4 heteroatoms. The topological polar surface area (TPSA) is 73.3 Å². The fourth-order valence-corrected chi connectivity index (χ4v) is 2.48. The van der Waals surface area contributed by atoms with Gasteiger partial charge in [0, 0.05) is 22.7 Å². The molecule has 0 aliphatic carbocycles. The van der Waals surface area contributed by atoms with E-state index < -0.39 is 11.4 Å². The maximum Gasteiger partial charge on any atom is 0.313 e. The van der Waals surface area contributed by atoms with Crippen LogP contribution in [-0.2, 0) is 10.2 Å². The number of rotatable bonds is 2. The molecule has 3 N–H and O–H groups in total. The van der Waals surface area contributed by atoms with Crippen LogP contribution in [0.1, 0.15) is 36.1 Å². The highest BCUT2D eigenvalue weighted by molar-refractivity contribution is 5.96. The zero-order valence-electron chi connectivity index (χ0n) is 11.9. The molecule has 0 atom stereocenters. The van der Waals surface area contributed by atoms with Crippen LogP contribution in [0.25, 0.3) is 10.9 Å². The summed E-state index contributed by atoms with van der Waals surface area (Å²) < 4.78 is 0. The Bertz CT molecular complexity index is 680. The molecule has 1 aromatic heterocycles. The van der Waals surface area contributed by atoms with E-state index in [0.29, 0.717) is 5.56 Å². The Morgan fingerprint density at radius 2 is 1.74 bits per heavy atom. The lowest BCUT2D eigenvalue weighted by atomic mass is 9.83. The molecule has 0 aliphatic heterocycles. The minimum atomic E-state index is -1.00. The summed E-state index contributed by atoms with van der Waals surface area (Å²) in [5.41, 5.74) is 3.10. The molecule has 2 aromatic rings. The molecule has 0 spiro atoms. The van der Waals surface area contributed by atoms with Crippen LogP contribution in [0, 0.1) is 20.8 Å². The standard InChI is InChI=1S/C15H19NO3/c1-7-8(2)13(17)9(3)11-10(6-16-12(7)11)15(4,5)14(18)19/h6,16-17H,1-5H3,(H,18,19). The first-order chi connectivity index (χ1) is 8.69. The van der Waals surface area contributed by atoms with E-state index in [4.69, 9.17) is 0 Å². The molecule has 0 aliphatic rings. The number of phenolic OH excluding ortho intramolecular Hbond substituents is 1. The summed E-state index contributed by atoms with van der Waals surface area (Å²) in [6.45, 7) is 8.94. The number of H-pyrrole nitrogens is 1. The second-order valence-corrected chi connectivity index (χ2v) is 5.61. The van der Waals surface area contributed by atoms with Crippen molar-refractivity contribution in [3.05, 3.63) is 28.5 Å². The lowest BCUT2D eigenvalue weighted by Crippen LogP contribution is -2.28. The van der Waals surface area contributed by atoms with Crippen LogP contribution >= 0.6 is 0 Å². The molecule has 4 nitrogen and oxygen atoms in total. The van der Waals surface area contributed by atoms with Crippen molar-refractivity contribution in [1.82, 2.24) is 4.98 Å². The van der Waals surface area contributed by atoms with Gasteiger partial charge in [0.05, 0.1) is 5.41 Å². The van der Waals surface area contributed by atoms with Crippen molar-refractivity contribution >= 4 is 16.9 Å². The fraction of sp³-hybridized carbons (Fsp3) is 0.400. The first-order valence-electron chi connectivity index (χ1n) is 6.23. The van der Waals surface area contributed by atoms with Crippen LogP contribution < -0.4 is 0 Å². The number of nitrogens with one attached hydrogen (secondary N) is 1. The highest BCUT2D eigenvalue weighted by Gasteiger charge is 2.33. The highest BCUT2D eigenvalue weighted by Crippen LogP contribution is 2.39. The largest absolute Gasteiger partial charge is 0.507 e. The number of hydrogen-bond donors (Lipinski definition) is 3. The molecule has 1 heterocycles. The van der Waals surface area contributed by atoms with Gasteiger partial charge in [0.2, 0.25) is 0 Å². The van der Waals surface area contributed by atoms with Gasteiger partial charge in [-0.1, -0.05) is 0 Å². The van der Waals surface area contributed by atoms with Crippen LogP contribution in [0.4, 0.5) is 0 Å². The summed E-state index contributed by atoms with van der Waals surface area (Å²) >= 11 is 0. The van der Waals surface area contributed by atoms with E-state index in [2.05, 4.69) is 4.98 Å². The first-order valence-corrected chi connectivity index (χ1v) is 6.23. The van der Waals surface area contributed by atoms with Crippen LogP contribution in [0.5, 0.6) is 5.75 Å². The number of fused-ring (bicyclic) bond motifs is 1. The zero-order valence-corrected chi connectivity index (χ0v) is 11.9. The van der Waals surface area contributed by atoms with Crippen LogP contribution in [0.15, 0.2) is 6.20 Å². The second-order valence-electron chi connectivity index (χ2n) is 5.61. The van der Waals surface area contributed by atoms with Crippen molar-refractivity contribution in [3.8, 4) is 5.75 Å². The maximum absolute atomic E-state index is 11.4. The van der Waals surface area contributed by atoms with Crippen molar-refractivity contribution in [2.24, 2.45) is 0 Å². The SMILES string of the molecule is Cc1c(O)c(C)c2c(C(C)(C)C(=O)O)c[nH]c2c1C. The second kappa shape index (κ2) is 4.02. The molecule has 19 heavy (non-hydrogen) atoms. The van der Waals surface area contributed by atoms with E-state index in [0.717, 1.165) is 27.6 Å². The number of carboxylic acid groups (broad SMARTS) is 1. The highest BCUT2D eigenvalue weighted by atomic mass is 16.4. The summed E-state index contributed by atoms with van der Waals surface area (Å²) in [6.07, 6.45) is 1.73. The minimum Gasteiger partial charge on any atom is -0.507 e. The third-order valence-corrected chi connectivity index (χ3v) is 4.11. The average Bonchev–Trinajstić information content (AvgIpc) is 2.78. The van der Waals surface area contributed by atoms with Gasteiger partial charge in [-0.25, -0.2) is 0 Å². The first kappa shape index (κ1) is 13.5. The average molecular weight is 261 g/mol. The molecule has 1 aromatic carbocycles. The van der Waals surface area contributed by atoms with Crippen molar-refractivity contribution in [1.29, 1.82) is 0 Å². The number of aliphatic carboxylic acids is 1. The smallest absolute Gasteiger partial charge is 0.313 e. The Kier molecular flexibility index (Phi) is 2.84. The van der Waals surface area contributed by atoms with E-state index >= 15 is 0 Å². The number of aromatic amines is 1. The fourth-order valence-electron chi connectivity index (χ4n) is 2.48. The molecular formula is C15H19NO3. The number of aryl methyl sites for hydroxylation is 2. The monoisotopic (exact) mass is 261 g/mol. The molecule has 0 bridgehead atoms. The van der Waals surface area contributed by atoms with Gasteiger partial charge in [-0.3, -0.25) is 4.79 Å². The molecule has 0 amide bonds. The van der Waals surface area contributed by atoms with Gasteiger partial charge in [0.15, 0.2) is 0 Å². The lowest BCUT2D eigenvalue weighted by molar-refractivity contribution is -0.142. The van der Waals surface area contributed by atoms with Crippen molar-refractivity contribution in [3.63, 3.8) is 0 Å². The van der Waals surface area contributed by atoms with E-state index in [1.807, 2.05) is 20.8 Å². The lowest BCUT2D eigenvalue weighted by Gasteiger charge is -2.20. The molecule has 2 rings (SSSR count). The summed E-state index contributed by atoms with van der Waals surface area (Å²) in [4.78, 5) is 14.6.